The number of rotatable bonds is 7. The average Bonchev–Trinajstić information content (AvgIpc) is 2.64. The quantitative estimate of drug-likeness (QED) is 0.474. The Morgan fingerprint density at radius 3 is 1.93 bits per heavy atom. The summed E-state index contributed by atoms with van der Waals surface area (Å²) in [5.41, 5.74) is 2.68. The molecule has 0 saturated carbocycles. The Kier molecular flexibility index (Phi) is 7.38. The van der Waals surface area contributed by atoms with E-state index in [1.807, 2.05) is 36.4 Å². The average molecular weight is 415 g/mol. The third kappa shape index (κ3) is 6.02. The standard InChI is InChI=1S/C23H29NO4S/c1-7-17-8-10-18(11-9-17)19-12-14-20(15-13-19)24(29(26)27)21(16(2)3)22(25)28-23(4,5)6/h7-16,21H,1H2,2-6H3,(H,26,27)/p-1. The van der Waals surface area contributed by atoms with Gasteiger partial charge in [-0.2, -0.15) is 0 Å². The van der Waals surface area contributed by atoms with E-state index in [0.717, 1.165) is 21.0 Å². The number of nitrogens with zero attached hydrogens (tertiary/aromatic N) is 1. The van der Waals surface area contributed by atoms with E-state index in [1.54, 1.807) is 52.8 Å². The van der Waals surface area contributed by atoms with Gasteiger partial charge >= 0.3 is 5.97 Å². The van der Waals surface area contributed by atoms with Crippen LogP contribution in [-0.2, 0) is 20.8 Å². The zero-order chi connectivity index (χ0) is 21.8. The lowest BCUT2D eigenvalue weighted by molar-refractivity contribution is -0.157. The fourth-order valence-electron chi connectivity index (χ4n) is 2.95. The first kappa shape index (κ1) is 22.8. The Hall–Kier alpha value is -2.44. The van der Waals surface area contributed by atoms with Crippen molar-refractivity contribution in [1.82, 2.24) is 0 Å². The van der Waals surface area contributed by atoms with Crippen LogP contribution in [-0.4, -0.2) is 26.4 Å². The van der Waals surface area contributed by atoms with E-state index in [4.69, 9.17) is 4.74 Å². The van der Waals surface area contributed by atoms with Crippen LogP contribution < -0.4 is 4.31 Å². The highest BCUT2D eigenvalue weighted by Crippen LogP contribution is 2.28. The smallest absolute Gasteiger partial charge is 0.330 e. The van der Waals surface area contributed by atoms with Crippen LogP contribution in [0.15, 0.2) is 55.1 Å². The van der Waals surface area contributed by atoms with Gasteiger partial charge in [0.2, 0.25) is 0 Å². The Morgan fingerprint density at radius 1 is 1.07 bits per heavy atom. The molecule has 2 aromatic rings. The van der Waals surface area contributed by atoms with Gasteiger partial charge in [0.15, 0.2) is 0 Å². The highest BCUT2D eigenvalue weighted by Gasteiger charge is 2.34. The van der Waals surface area contributed by atoms with Gasteiger partial charge in [-0.05, 0) is 55.5 Å². The van der Waals surface area contributed by atoms with Gasteiger partial charge in [-0.1, -0.05) is 62.9 Å². The zero-order valence-corrected chi connectivity index (χ0v) is 18.4. The van der Waals surface area contributed by atoms with Gasteiger partial charge < -0.3 is 9.29 Å². The second kappa shape index (κ2) is 9.37. The minimum atomic E-state index is -2.64. The number of ether oxygens (including phenoxy) is 1. The number of hydrogen-bond donors (Lipinski definition) is 0. The molecule has 0 aromatic heterocycles. The summed E-state index contributed by atoms with van der Waals surface area (Å²) in [4.78, 5) is 12.7. The Bertz CT molecular complexity index is 867. The summed E-state index contributed by atoms with van der Waals surface area (Å²) >= 11 is -2.64. The molecule has 0 aliphatic rings. The molecule has 0 aliphatic heterocycles. The monoisotopic (exact) mass is 414 g/mol. The number of hydrogen-bond acceptors (Lipinski definition) is 4. The number of anilines is 1. The topological polar surface area (TPSA) is 69.7 Å². The van der Waals surface area contributed by atoms with Crippen LogP contribution in [0.3, 0.4) is 0 Å². The molecule has 0 spiro atoms. The molecule has 0 heterocycles. The molecule has 0 N–H and O–H groups in total. The van der Waals surface area contributed by atoms with Crippen molar-refractivity contribution in [3.63, 3.8) is 0 Å². The lowest BCUT2D eigenvalue weighted by Gasteiger charge is -2.36. The van der Waals surface area contributed by atoms with Crippen molar-refractivity contribution < 1.29 is 18.3 Å². The van der Waals surface area contributed by atoms with Crippen molar-refractivity contribution in [3.05, 3.63) is 60.7 Å². The maximum absolute atomic E-state index is 12.7. The molecular formula is C23H28NO4S-. The van der Waals surface area contributed by atoms with Gasteiger partial charge in [0, 0.05) is 17.0 Å². The van der Waals surface area contributed by atoms with E-state index in [9.17, 15) is 13.6 Å². The molecule has 5 nitrogen and oxygen atoms in total. The van der Waals surface area contributed by atoms with Crippen LogP contribution in [0, 0.1) is 5.92 Å². The van der Waals surface area contributed by atoms with Gasteiger partial charge in [-0.25, -0.2) is 4.79 Å². The summed E-state index contributed by atoms with van der Waals surface area (Å²) < 4.78 is 30.7. The van der Waals surface area contributed by atoms with Gasteiger partial charge in [-0.3, -0.25) is 8.51 Å². The summed E-state index contributed by atoms with van der Waals surface area (Å²) in [6.07, 6.45) is 1.77. The van der Waals surface area contributed by atoms with E-state index in [0.29, 0.717) is 5.69 Å². The molecule has 2 aromatic carbocycles. The van der Waals surface area contributed by atoms with Crippen LogP contribution in [0.25, 0.3) is 17.2 Å². The maximum atomic E-state index is 12.7. The van der Waals surface area contributed by atoms with E-state index in [-0.39, 0.29) is 5.92 Å². The molecule has 0 bridgehead atoms. The van der Waals surface area contributed by atoms with Crippen LogP contribution in [0.5, 0.6) is 0 Å². The number of esters is 1. The van der Waals surface area contributed by atoms with Crippen molar-refractivity contribution in [3.8, 4) is 11.1 Å². The van der Waals surface area contributed by atoms with Crippen molar-refractivity contribution in [2.75, 3.05) is 4.31 Å². The van der Waals surface area contributed by atoms with Crippen LogP contribution >= 0.6 is 0 Å². The summed E-state index contributed by atoms with van der Waals surface area (Å²) in [5.74, 6) is -0.838. The molecule has 6 heteroatoms. The molecule has 2 rings (SSSR count). The summed E-state index contributed by atoms with van der Waals surface area (Å²) in [6, 6.07) is 14.0. The first-order valence-electron chi connectivity index (χ1n) is 9.48. The minimum absolute atomic E-state index is 0.270. The van der Waals surface area contributed by atoms with Gasteiger partial charge in [-0.15, -0.1) is 0 Å². The predicted molar refractivity (Wildman–Crippen MR) is 118 cm³/mol. The van der Waals surface area contributed by atoms with E-state index in [2.05, 4.69) is 6.58 Å². The van der Waals surface area contributed by atoms with Crippen molar-refractivity contribution in [2.24, 2.45) is 5.92 Å². The summed E-state index contributed by atoms with van der Waals surface area (Å²) in [6.45, 7) is 12.6. The third-order valence-corrected chi connectivity index (χ3v) is 5.05. The van der Waals surface area contributed by atoms with Crippen molar-refractivity contribution in [1.29, 1.82) is 0 Å². The molecule has 29 heavy (non-hydrogen) atoms. The van der Waals surface area contributed by atoms with Crippen LogP contribution in [0.4, 0.5) is 5.69 Å². The highest BCUT2D eigenvalue weighted by molar-refractivity contribution is 7.80. The minimum Gasteiger partial charge on any atom is -0.755 e. The van der Waals surface area contributed by atoms with E-state index in [1.165, 1.54) is 0 Å². The Labute approximate surface area is 175 Å². The number of benzene rings is 2. The van der Waals surface area contributed by atoms with Crippen LogP contribution in [0.2, 0.25) is 0 Å². The fourth-order valence-corrected chi connectivity index (χ4v) is 3.76. The fraction of sp³-hybridized carbons (Fsp3) is 0.348. The van der Waals surface area contributed by atoms with Gasteiger partial charge in [0.05, 0.1) is 0 Å². The molecule has 0 saturated heterocycles. The van der Waals surface area contributed by atoms with Crippen molar-refractivity contribution >= 4 is 29.0 Å². The molecule has 2 atom stereocenters. The lowest BCUT2D eigenvalue weighted by atomic mass is 10.0. The molecule has 156 valence electrons. The molecule has 0 radical (unpaired) electrons. The first-order chi connectivity index (χ1) is 13.5. The largest absolute Gasteiger partial charge is 0.755 e. The summed E-state index contributed by atoms with van der Waals surface area (Å²) in [5, 5.41) is 0. The van der Waals surface area contributed by atoms with Crippen LogP contribution in [0.1, 0.15) is 40.2 Å². The third-order valence-electron chi connectivity index (χ3n) is 4.29. The number of carbonyl (C=O) groups is 1. The van der Waals surface area contributed by atoms with Gasteiger partial charge in [0.25, 0.3) is 0 Å². The Morgan fingerprint density at radius 2 is 1.55 bits per heavy atom. The number of carbonyl (C=O) groups excluding carboxylic acids is 1. The molecule has 0 amide bonds. The SMILES string of the molecule is C=Cc1ccc(-c2ccc(N(C(C(=O)OC(C)(C)C)C(C)C)S(=O)[O-])cc2)cc1. The second-order valence-corrected chi connectivity index (χ2v) is 8.97. The molecule has 0 fully saturated rings. The lowest BCUT2D eigenvalue weighted by Crippen LogP contribution is -2.48. The molecule has 0 aliphatic carbocycles. The molecule has 2 unspecified atom stereocenters. The second-order valence-electron chi connectivity index (χ2n) is 8.14. The van der Waals surface area contributed by atoms with E-state index >= 15 is 0 Å². The zero-order valence-electron chi connectivity index (χ0n) is 17.5. The highest BCUT2D eigenvalue weighted by atomic mass is 32.2. The summed E-state index contributed by atoms with van der Waals surface area (Å²) in [7, 11) is 0. The van der Waals surface area contributed by atoms with Crippen molar-refractivity contribution in [2.45, 2.75) is 46.3 Å². The normalized spacial score (nSPS) is 13.6. The molecular weight excluding hydrogens is 386 g/mol. The predicted octanol–water partition coefficient (Wildman–Crippen LogP) is 4.96. The maximum Gasteiger partial charge on any atom is 0.330 e. The van der Waals surface area contributed by atoms with Gasteiger partial charge in [0.1, 0.15) is 11.6 Å². The van der Waals surface area contributed by atoms with E-state index < -0.39 is 28.9 Å². The Balaban J connectivity index is 2.36. The first-order valence-corrected chi connectivity index (χ1v) is 10.5.